The molecule has 1 fully saturated rings. The first-order chi connectivity index (χ1) is 13.2. The molecular formula is C19H21FN4OS2. The Kier molecular flexibility index (Phi) is 5.73. The third-order valence-corrected chi connectivity index (χ3v) is 6.92. The molecule has 0 radical (unpaired) electrons. The molecule has 1 amide bonds. The van der Waals surface area contributed by atoms with E-state index in [0.29, 0.717) is 35.4 Å². The van der Waals surface area contributed by atoms with Gasteiger partial charge < -0.3 is 5.32 Å². The summed E-state index contributed by atoms with van der Waals surface area (Å²) >= 11 is 3.27. The van der Waals surface area contributed by atoms with Crippen molar-refractivity contribution in [2.24, 2.45) is 0 Å². The van der Waals surface area contributed by atoms with Crippen LogP contribution in [0.4, 0.5) is 4.39 Å². The van der Waals surface area contributed by atoms with Gasteiger partial charge in [0.2, 0.25) is 10.9 Å². The summed E-state index contributed by atoms with van der Waals surface area (Å²) < 4.78 is 15.2. The third kappa shape index (κ3) is 4.50. The number of nitrogens with zero attached hydrogens (tertiary/aromatic N) is 3. The zero-order chi connectivity index (χ0) is 18.6. The van der Waals surface area contributed by atoms with Crippen LogP contribution in [0.1, 0.15) is 31.4 Å². The molecule has 8 heteroatoms. The van der Waals surface area contributed by atoms with Gasteiger partial charge in [-0.2, -0.15) is 4.98 Å². The van der Waals surface area contributed by atoms with E-state index in [-0.39, 0.29) is 11.7 Å². The first-order valence-corrected chi connectivity index (χ1v) is 11.1. The van der Waals surface area contributed by atoms with E-state index in [4.69, 9.17) is 0 Å². The Morgan fingerprint density at radius 2 is 2.22 bits per heavy atom. The quantitative estimate of drug-likeness (QED) is 0.648. The van der Waals surface area contributed by atoms with Gasteiger partial charge in [-0.3, -0.25) is 4.79 Å². The SMILES string of the molecule is O=C(CSC1CCCC1)NCCc1csc2nc(-c3cccc(F)c3)nn12. The van der Waals surface area contributed by atoms with Crippen molar-refractivity contribution in [1.82, 2.24) is 19.9 Å². The summed E-state index contributed by atoms with van der Waals surface area (Å²) in [5.41, 5.74) is 1.66. The largest absolute Gasteiger partial charge is 0.355 e. The number of halogens is 1. The Bertz CT molecular complexity index is 933. The van der Waals surface area contributed by atoms with Crippen LogP contribution in [0.2, 0.25) is 0 Å². The molecule has 0 atom stereocenters. The normalized spacial score (nSPS) is 14.9. The van der Waals surface area contributed by atoms with Crippen molar-refractivity contribution in [3.8, 4) is 11.4 Å². The van der Waals surface area contributed by atoms with Crippen LogP contribution >= 0.6 is 23.1 Å². The number of benzene rings is 1. The van der Waals surface area contributed by atoms with Crippen LogP contribution < -0.4 is 5.32 Å². The Balaban J connectivity index is 1.33. The Labute approximate surface area is 165 Å². The summed E-state index contributed by atoms with van der Waals surface area (Å²) in [5, 5.41) is 10.2. The molecule has 142 valence electrons. The highest BCUT2D eigenvalue weighted by Gasteiger charge is 2.17. The van der Waals surface area contributed by atoms with Gasteiger partial charge in [-0.25, -0.2) is 8.91 Å². The van der Waals surface area contributed by atoms with Crippen molar-refractivity contribution in [2.75, 3.05) is 12.3 Å². The van der Waals surface area contributed by atoms with E-state index in [2.05, 4.69) is 15.4 Å². The third-order valence-electron chi connectivity index (χ3n) is 4.69. The van der Waals surface area contributed by atoms with Gasteiger partial charge in [-0.05, 0) is 25.0 Å². The Morgan fingerprint density at radius 1 is 1.37 bits per heavy atom. The standard InChI is InChI=1S/C19H21FN4OS2/c20-14-5-3-4-13(10-14)18-22-19-24(23-18)15(11-27-19)8-9-21-17(25)12-26-16-6-1-2-7-16/h3-5,10-11,16H,1-2,6-9,12H2,(H,21,25). The fraction of sp³-hybridized carbons (Fsp3) is 0.421. The van der Waals surface area contributed by atoms with Crippen LogP contribution in [0, 0.1) is 5.82 Å². The first kappa shape index (κ1) is 18.4. The monoisotopic (exact) mass is 404 g/mol. The molecule has 2 heterocycles. The van der Waals surface area contributed by atoms with E-state index >= 15 is 0 Å². The van der Waals surface area contributed by atoms with Crippen LogP contribution in [0.15, 0.2) is 29.6 Å². The van der Waals surface area contributed by atoms with Crippen LogP contribution in [-0.4, -0.2) is 38.1 Å². The highest BCUT2D eigenvalue weighted by Crippen LogP contribution is 2.29. The lowest BCUT2D eigenvalue weighted by Crippen LogP contribution is -2.28. The summed E-state index contributed by atoms with van der Waals surface area (Å²) in [4.78, 5) is 17.3. The Hall–Kier alpha value is -1.93. The smallest absolute Gasteiger partial charge is 0.230 e. The molecule has 5 nitrogen and oxygen atoms in total. The van der Waals surface area contributed by atoms with Gasteiger partial charge in [-0.15, -0.1) is 28.2 Å². The van der Waals surface area contributed by atoms with Crippen molar-refractivity contribution < 1.29 is 9.18 Å². The van der Waals surface area contributed by atoms with Crippen LogP contribution in [-0.2, 0) is 11.2 Å². The van der Waals surface area contributed by atoms with Gasteiger partial charge in [0.25, 0.3) is 0 Å². The lowest BCUT2D eigenvalue weighted by atomic mass is 10.2. The number of fused-ring (bicyclic) bond motifs is 1. The maximum atomic E-state index is 13.4. The maximum Gasteiger partial charge on any atom is 0.230 e. The second-order valence-corrected chi connectivity index (χ2v) is 8.81. The number of carbonyl (C=O) groups excluding carboxylic acids is 1. The maximum absolute atomic E-state index is 13.4. The molecule has 1 aliphatic rings. The molecule has 1 N–H and O–H groups in total. The minimum Gasteiger partial charge on any atom is -0.355 e. The minimum atomic E-state index is -0.302. The molecule has 1 saturated carbocycles. The lowest BCUT2D eigenvalue weighted by molar-refractivity contribution is -0.118. The van der Waals surface area contributed by atoms with E-state index < -0.39 is 0 Å². The average Bonchev–Trinajstić information content (AvgIpc) is 3.38. The van der Waals surface area contributed by atoms with Crippen molar-refractivity contribution in [3.05, 3.63) is 41.2 Å². The fourth-order valence-electron chi connectivity index (χ4n) is 3.28. The summed E-state index contributed by atoms with van der Waals surface area (Å²) in [6.45, 7) is 0.574. The van der Waals surface area contributed by atoms with Gasteiger partial charge >= 0.3 is 0 Å². The molecule has 0 unspecified atom stereocenters. The number of hydrogen-bond donors (Lipinski definition) is 1. The number of carbonyl (C=O) groups is 1. The molecule has 27 heavy (non-hydrogen) atoms. The number of aromatic nitrogens is 3. The first-order valence-electron chi connectivity index (χ1n) is 9.16. The second kappa shape index (κ2) is 8.39. The van der Waals surface area contributed by atoms with Crippen LogP contribution in [0.3, 0.4) is 0 Å². The molecule has 1 aromatic carbocycles. The number of thiazole rings is 1. The summed E-state index contributed by atoms with van der Waals surface area (Å²) in [6, 6.07) is 6.28. The molecule has 1 aliphatic carbocycles. The van der Waals surface area contributed by atoms with Crippen molar-refractivity contribution >= 4 is 34.0 Å². The van der Waals surface area contributed by atoms with Gasteiger partial charge in [0.1, 0.15) is 5.82 Å². The summed E-state index contributed by atoms with van der Waals surface area (Å²) in [6.07, 6.45) is 5.76. The van der Waals surface area contributed by atoms with Crippen molar-refractivity contribution in [3.63, 3.8) is 0 Å². The van der Waals surface area contributed by atoms with Gasteiger partial charge in [0.05, 0.1) is 11.4 Å². The highest BCUT2D eigenvalue weighted by molar-refractivity contribution is 8.00. The lowest BCUT2D eigenvalue weighted by Gasteiger charge is -2.08. The van der Waals surface area contributed by atoms with Crippen LogP contribution in [0.5, 0.6) is 0 Å². The second-order valence-electron chi connectivity index (χ2n) is 6.68. The summed E-state index contributed by atoms with van der Waals surface area (Å²) in [5.74, 6) is 0.845. The topological polar surface area (TPSA) is 59.3 Å². The highest BCUT2D eigenvalue weighted by atomic mass is 32.2. The number of nitrogens with one attached hydrogen (secondary N) is 1. The number of thioether (sulfide) groups is 1. The summed E-state index contributed by atoms with van der Waals surface area (Å²) in [7, 11) is 0. The molecular weight excluding hydrogens is 383 g/mol. The number of hydrogen-bond acceptors (Lipinski definition) is 5. The molecule has 0 bridgehead atoms. The zero-order valence-corrected chi connectivity index (χ0v) is 16.5. The van der Waals surface area contributed by atoms with Crippen LogP contribution in [0.25, 0.3) is 16.3 Å². The minimum absolute atomic E-state index is 0.0948. The van der Waals surface area contributed by atoms with Gasteiger partial charge in [-0.1, -0.05) is 25.0 Å². The van der Waals surface area contributed by atoms with E-state index in [0.717, 1.165) is 10.7 Å². The van der Waals surface area contributed by atoms with E-state index in [1.54, 1.807) is 28.4 Å². The molecule has 0 spiro atoms. The predicted octanol–water partition coefficient (Wildman–Crippen LogP) is 3.93. The van der Waals surface area contributed by atoms with Crippen molar-refractivity contribution in [1.29, 1.82) is 0 Å². The predicted molar refractivity (Wildman–Crippen MR) is 108 cm³/mol. The fourth-order valence-corrected chi connectivity index (χ4v) is 5.29. The molecule has 4 rings (SSSR count). The zero-order valence-electron chi connectivity index (χ0n) is 14.9. The van der Waals surface area contributed by atoms with Gasteiger partial charge in [0, 0.05) is 29.2 Å². The number of amides is 1. The molecule has 2 aromatic heterocycles. The Morgan fingerprint density at radius 3 is 3.04 bits per heavy atom. The van der Waals surface area contributed by atoms with E-state index in [9.17, 15) is 9.18 Å². The average molecular weight is 405 g/mol. The molecule has 0 aliphatic heterocycles. The van der Waals surface area contributed by atoms with Crippen molar-refractivity contribution in [2.45, 2.75) is 37.4 Å². The molecule has 3 aromatic rings. The number of rotatable bonds is 7. The van der Waals surface area contributed by atoms with Gasteiger partial charge in [0.15, 0.2) is 5.82 Å². The molecule has 0 saturated heterocycles. The van der Waals surface area contributed by atoms with E-state index in [1.807, 2.05) is 5.38 Å². The van der Waals surface area contributed by atoms with E-state index in [1.165, 1.54) is 49.2 Å².